The van der Waals surface area contributed by atoms with Crippen LogP contribution >= 0.6 is 11.8 Å². The van der Waals surface area contributed by atoms with Crippen molar-refractivity contribution in [3.8, 4) is 0 Å². The minimum Gasteiger partial charge on any atom is -0.368 e. The van der Waals surface area contributed by atoms with Crippen molar-refractivity contribution in [1.29, 1.82) is 0 Å². The number of benzene rings is 1. The van der Waals surface area contributed by atoms with Gasteiger partial charge in [0.2, 0.25) is 0 Å². The highest BCUT2D eigenvalue weighted by molar-refractivity contribution is 7.98. The molecular formula is C16H24N2S. The molecule has 0 radical (unpaired) electrons. The predicted octanol–water partition coefficient (Wildman–Crippen LogP) is 3.52. The summed E-state index contributed by atoms with van der Waals surface area (Å²) in [4.78, 5) is 3.95. The zero-order chi connectivity index (χ0) is 13.1. The van der Waals surface area contributed by atoms with Gasteiger partial charge >= 0.3 is 0 Å². The Labute approximate surface area is 121 Å². The van der Waals surface area contributed by atoms with Gasteiger partial charge in [-0.1, -0.05) is 25.3 Å². The van der Waals surface area contributed by atoms with Crippen LogP contribution in [0.4, 0.5) is 5.69 Å². The lowest BCUT2D eigenvalue weighted by molar-refractivity contribution is 0.216. The van der Waals surface area contributed by atoms with Crippen LogP contribution in [0, 0.1) is 0 Å². The molecule has 0 aromatic heterocycles. The van der Waals surface area contributed by atoms with E-state index in [1.165, 1.54) is 49.2 Å². The zero-order valence-electron chi connectivity index (χ0n) is 11.8. The maximum Gasteiger partial charge on any atom is 0.0378 e. The number of nitrogens with zero attached hydrogens (tertiary/aromatic N) is 1. The van der Waals surface area contributed by atoms with Crippen LogP contribution in [0.5, 0.6) is 0 Å². The number of hydrogen-bond donors (Lipinski definition) is 1. The summed E-state index contributed by atoms with van der Waals surface area (Å²) in [7, 11) is 0. The van der Waals surface area contributed by atoms with Crippen LogP contribution < -0.4 is 10.2 Å². The molecule has 2 aliphatic rings. The lowest BCUT2D eigenvalue weighted by atomic mass is 9.80. The van der Waals surface area contributed by atoms with E-state index in [1.54, 1.807) is 0 Å². The van der Waals surface area contributed by atoms with Gasteiger partial charge in [0.15, 0.2) is 0 Å². The van der Waals surface area contributed by atoms with Gasteiger partial charge in [-0.15, -0.1) is 11.8 Å². The van der Waals surface area contributed by atoms with E-state index in [-0.39, 0.29) is 0 Å². The molecule has 3 heteroatoms. The van der Waals surface area contributed by atoms with Crippen LogP contribution in [0.1, 0.15) is 32.1 Å². The van der Waals surface area contributed by atoms with E-state index >= 15 is 0 Å². The SMILES string of the molecule is CSc1cccc(N2CCNC3(CCCCC3)C2)c1. The summed E-state index contributed by atoms with van der Waals surface area (Å²) in [5.41, 5.74) is 1.80. The highest BCUT2D eigenvalue weighted by Gasteiger charge is 2.36. The van der Waals surface area contributed by atoms with Crippen molar-refractivity contribution in [2.24, 2.45) is 0 Å². The summed E-state index contributed by atoms with van der Waals surface area (Å²) in [6, 6.07) is 9.00. The number of rotatable bonds is 2. The first-order chi connectivity index (χ1) is 9.31. The average Bonchev–Trinajstić information content (AvgIpc) is 2.48. The molecule has 2 nitrogen and oxygen atoms in total. The molecule has 1 saturated heterocycles. The molecule has 19 heavy (non-hydrogen) atoms. The Morgan fingerprint density at radius 3 is 2.84 bits per heavy atom. The molecule has 1 aliphatic carbocycles. The van der Waals surface area contributed by atoms with Crippen molar-refractivity contribution in [2.75, 3.05) is 30.8 Å². The Hall–Kier alpha value is -0.670. The van der Waals surface area contributed by atoms with E-state index in [0.717, 1.165) is 13.1 Å². The molecular weight excluding hydrogens is 252 g/mol. The van der Waals surface area contributed by atoms with Crippen LogP contribution in [0.3, 0.4) is 0 Å². The topological polar surface area (TPSA) is 15.3 Å². The van der Waals surface area contributed by atoms with Crippen LogP contribution in [0.15, 0.2) is 29.2 Å². The summed E-state index contributed by atoms with van der Waals surface area (Å²) in [5.74, 6) is 0. The van der Waals surface area contributed by atoms with Crippen LogP contribution in [0.2, 0.25) is 0 Å². The highest BCUT2D eigenvalue weighted by Crippen LogP contribution is 2.33. The van der Waals surface area contributed by atoms with Crippen molar-refractivity contribution >= 4 is 17.4 Å². The zero-order valence-corrected chi connectivity index (χ0v) is 12.6. The van der Waals surface area contributed by atoms with Crippen LogP contribution in [-0.4, -0.2) is 31.4 Å². The maximum atomic E-state index is 3.82. The molecule has 3 rings (SSSR count). The molecule has 1 aliphatic heterocycles. The first kappa shape index (κ1) is 13.3. The minimum absolute atomic E-state index is 0.395. The average molecular weight is 276 g/mol. The monoisotopic (exact) mass is 276 g/mol. The predicted molar refractivity (Wildman–Crippen MR) is 84.3 cm³/mol. The number of nitrogens with one attached hydrogen (secondary N) is 1. The third-order valence-corrected chi connectivity index (χ3v) is 5.33. The Morgan fingerprint density at radius 2 is 2.05 bits per heavy atom. The molecule has 1 N–H and O–H groups in total. The maximum absolute atomic E-state index is 3.82. The quantitative estimate of drug-likeness (QED) is 0.832. The number of hydrogen-bond acceptors (Lipinski definition) is 3. The second kappa shape index (κ2) is 5.76. The van der Waals surface area contributed by atoms with Crippen molar-refractivity contribution in [2.45, 2.75) is 42.5 Å². The first-order valence-corrected chi connectivity index (χ1v) is 8.68. The molecule has 0 atom stereocenters. The van der Waals surface area contributed by atoms with Crippen LogP contribution in [0.25, 0.3) is 0 Å². The molecule has 0 amide bonds. The van der Waals surface area contributed by atoms with Gasteiger partial charge in [-0.2, -0.15) is 0 Å². The molecule has 1 aromatic carbocycles. The van der Waals surface area contributed by atoms with E-state index in [9.17, 15) is 0 Å². The molecule has 1 spiro atoms. The van der Waals surface area contributed by atoms with Gasteiger partial charge in [-0.05, 0) is 37.3 Å². The van der Waals surface area contributed by atoms with E-state index in [2.05, 4.69) is 40.7 Å². The lowest BCUT2D eigenvalue weighted by Gasteiger charge is -2.47. The number of thioether (sulfide) groups is 1. The second-order valence-electron chi connectivity index (χ2n) is 5.89. The fraction of sp³-hybridized carbons (Fsp3) is 0.625. The van der Waals surface area contributed by atoms with Gasteiger partial charge in [0.1, 0.15) is 0 Å². The van der Waals surface area contributed by atoms with Gasteiger partial charge in [-0.3, -0.25) is 0 Å². The van der Waals surface area contributed by atoms with Crippen molar-refractivity contribution in [3.63, 3.8) is 0 Å². The summed E-state index contributed by atoms with van der Waals surface area (Å²) < 4.78 is 0. The fourth-order valence-corrected chi connectivity index (χ4v) is 4.00. The van der Waals surface area contributed by atoms with E-state index in [0.29, 0.717) is 5.54 Å². The molecule has 0 unspecified atom stereocenters. The van der Waals surface area contributed by atoms with Crippen molar-refractivity contribution in [3.05, 3.63) is 24.3 Å². The van der Waals surface area contributed by atoms with Gasteiger partial charge in [0.25, 0.3) is 0 Å². The summed E-state index contributed by atoms with van der Waals surface area (Å²) in [6.45, 7) is 3.45. The Balaban J connectivity index is 1.76. The van der Waals surface area contributed by atoms with Crippen molar-refractivity contribution < 1.29 is 0 Å². The summed E-state index contributed by atoms with van der Waals surface area (Å²) >= 11 is 1.83. The first-order valence-electron chi connectivity index (χ1n) is 7.45. The lowest BCUT2D eigenvalue weighted by Crippen LogP contribution is -2.61. The molecule has 1 saturated carbocycles. The molecule has 0 bridgehead atoms. The third-order valence-electron chi connectivity index (χ3n) is 4.60. The van der Waals surface area contributed by atoms with Gasteiger partial charge < -0.3 is 10.2 Å². The Morgan fingerprint density at radius 1 is 1.21 bits per heavy atom. The standard InChI is InChI=1S/C16H24N2S/c1-19-15-7-5-6-14(12-15)18-11-10-17-16(13-18)8-3-2-4-9-16/h5-7,12,17H,2-4,8-11,13H2,1H3. The third kappa shape index (κ3) is 2.92. The molecule has 1 heterocycles. The number of piperazine rings is 1. The molecule has 2 fully saturated rings. The van der Waals surface area contributed by atoms with E-state index < -0.39 is 0 Å². The van der Waals surface area contributed by atoms with E-state index in [1.807, 2.05) is 11.8 Å². The van der Waals surface area contributed by atoms with Crippen LogP contribution in [-0.2, 0) is 0 Å². The summed E-state index contributed by atoms with van der Waals surface area (Å²) in [5, 5.41) is 3.82. The van der Waals surface area contributed by atoms with Gasteiger partial charge in [-0.25, -0.2) is 0 Å². The normalized spacial score (nSPS) is 22.7. The largest absolute Gasteiger partial charge is 0.368 e. The highest BCUT2D eigenvalue weighted by atomic mass is 32.2. The minimum atomic E-state index is 0.395. The fourth-order valence-electron chi connectivity index (χ4n) is 3.55. The number of anilines is 1. The molecule has 1 aromatic rings. The second-order valence-corrected chi connectivity index (χ2v) is 6.77. The smallest absolute Gasteiger partial charge is 0.0378 e. The van der Waals surface area contributed by atoms with E-state index in [4.69, 9.17) is 0 Å². The Kier molecular flexibility index (Phi) is 4.04. The van der Waals surface area contributed by atoms with Gasteiger partial charge in [0, 0.05) is 35.8 Å². The van der Waals surface area contributed by atoms with Crippen molar-refractivity contribution in [1.82, 2.24) is 5.32 Å². The van der Waals surface area contributed by atoms with Gasteiger partial charge in [0.05, 0.1) is 0 Å². The molecule has 104 valence electrons. The Bertz CT molecular complexity index is 421. The summed E-state index contributed by atoms with van der Waals surface area (Å²) in [6.07, 6.45) is 9.07.